The van der Waals surface area contributed by atoms with Crippen LogP contribution in [0.4, 0.5) is 5.69 Å². The van der Waals surface area contributed by atoms with Crippen LogP contribution in [0.3, 0.4) is 0 Å². The third-order valence-electron chi connectivity index (χ3n) is 4.56. The second kappa shape index (κ2) is 10.2. The van der Waals surface area contributed by atoms with Crippen molar-refractivity contribution in [3.63, 3.8) is 0 Å². The number of amides is 2. The molecule has 0 heterocycles. The van der Waals surface area contributed by atoms with Crippen LogP contribution in [0, 0.1) is 17.0 Å². The summed E-state index contributed by atoms with van der Waals surface area (Å²) in [5.41, 5.74) is 1.73. The lowest BCUT2D eigenvalue weighted by molar-refractivity contribution is -0.385. The Labute approximate surface area is 174 Å². The van der Waals surface area contributed by atoms with Crippen molar-refractivity contribution in [2.45, 2.75) is 26.4 Å². The lowest BCUT2D eigenvalue weighted by Crippen LogP contribution is -2.48. The van der Waals surface area contributed by atoms with Crippen LogP contribution in [0.5, 0.6) is 11.5 Å². The molecule has 2 amide bonds. The number of carbonyl (C=O) groups is 2. The summed E-state index contributed by atoms with van der Waals surface area (Å²) in [5, 5.41) is 13.5. The Bertz CT molecular complexity index is 931. The van der Waals surface area contributed by atoms with Crippen molar-refractivity contribution in [2.24, 2.45) is 0 Å². The Morgan fingerprint density at radius 3 is 2.57 bits per heavy atom. The van der Waals surface area contributed by atoms with E-state index in [1.54, 1.807) is 6.92 Å². The number of aryl methyl sites for hydroxylation is 1. The molecular weight excluding hydrogens is 390 g/mol. The zero-order chi connectivity index (χ0) is 22.3. The molecule has 2 aromatic carbocycles. The molecule has 0 aliphatic rings. The first-order valence-electron chi connectivity index (χ1n) is 9.28. The number of nitrogens with zero attached hydrogens (tertiary/aromatic N) is 2. The molecule has 0 fully saturated rings. The summed E-state index contributed by atoms with van der Waals surface area (Å²) >= 11 is 0. The number of benzene rings is 2. The molecule has 160 valence electrons. The minimum atomic E-state index is -0.710. The number of hydrogen-bond acceptors (Lipinski definition) is 6. The van der Waals surface area contributed by atoms with Crippen molar-refractivity contribution >= 4 is 17.5 Å². The van der Waals surface area contributed by atoms with E-state index in [0.29, 0.717) is 0 Å². The average molecular weight is 415 g/mol. The number of nitro benzene ring substituents is 1. The SMILES string of the molecule is CNC(=O)[C@H](C)N(Cc1cccc(C)c1)C(=O)COc1ccc([N+](=O)[O-])c(OC)c1. The Balaban J connectivity index is 2.17. The molecule has 1 N–H and O–H groups in total. The molecule has 0 spiro atoms. The maximum Gasteiger partial charge on any atom is 0.311 e. The highest BCUT2D eigenvalue weighted by atomic mass is 16.6. The van der Waals surface area contributed by atoms with Gasteiger partial charge in [-0.2, -0.15) is 0 Å². The Kier molecular flexibility index (Phi) is 7.74. The highest BCUT2D eigenvalue weighted by Crippen LogP contribution is 2.30. The number of likely N-dealkylation sites (N-methyl/N-ethyl adjacent to an activating group) is 1. The summed E-state index contributed by atoms with van der Waals surface area (Å²) in [6.07, 6.45) is 0. The summed E-state index contributed by atoms with van der Waals surface area (Å²) in [5.74, 6) is -0.424. The Hall–Kier alpha value is -3.62. The van der Waals surface area contributed by atoms with Gasteiger partial charge in [0.05, 0.1) is 12.0 Å². The lowest BCUT2D eigenvalue weighted by Gasteiger charge is -2.28. The minimum Gasteiger partial charge on any atom is -0.490 e. The minimum absolute atomic E-state index is 0.0281. The maximum absolute atomic E-state index is 12.9. The molecule has 9 nitrogen and oxygen atoms in total. The van der Waals surface area contributed by atoms with Crippen molar-refractivity contribution in [3.05, 3.63) is 63.7 Å². The fourth-order valence-corrected chi connectivity index (χ4v) is 2.93. The van der Waals surface area contributed by atoms with Crippen LogP contribution in [0.2, 0.25) is 0 Å². The summed E-state index contributed by atoms with van der Waals surface area (Å²) in [7, 11) is 2.82. The zero-order valence-electron chi connectivity index (χ0n) is 17.4. The van der Waals surface area contributed by atoms with E-state index in [1.807, 2.05) is 31.2 Å². The third-order valence-corrected chi connectivity index (χ3v) is 4.56. The molecule has 0 aliphatic carbocycles. The zero-order valence-corrected chi connectivity index (χ0v) is 17.4. The molecule has 2 aromatic rings. The molecule has 2 rings (SSSR count). The number of methoxy groups -OCH3 is 1. The molecule has 0 saturated carbocycles. The first-order chi connectivity index (χ1) is 14.3. The number of carbonyl (C=O) groups excluding carboxylic acids is 2. The molecule has 30 heavy (non-hydrogen) atoms. The summed E-state index contributed by atoms with van der Waals surface area (Å²) in [6.45, 7) is 3.49. The normalized spacial score (nSPS) is 11.3. The maximum atomic E-state index is 12.9. The van der Waals surface area contributed by atoms with Crippen LogP contribution in [-0.4, -0.2) is 48.4 Å². The van der Waals surface area contributed by atoms with Crippen LogP contribution in [0.25, 0.3) is 0 Å². The highest BCUT2D eigenvalue weighted by molar-refractivity contribution is 5.87. The molecule has 0 radical (unpaired) electrons. The molecule has 9 heteroatoms. The van der Waals surface area contributed by atoms with Gasteiger partial charge in [-0.05, 0) is 25.5 Å². The smallest absolute Gasteiger partial charge is 0.311 e. The molecule has 0 aromatic heterocycles. The van der Waals surface area contributed by atoms with Crippen LogP contribution in [-0.2, 0) is 16.1 Å². The van der Waals surface area contributed by atoms with E-state index in [-0.39, 0.29) is 36.2 Å². The number of nitrogens with one attached hydrogen (secondary N) is 1. The number of nitro groups is 1. The van der Waals surface area contributed by atoms with Crippen molar-refractivity contribution in [1.82, 2.24) is 10.2 Å². The predicted molar refractivity (Wildman–Crippen MR) is 110 cm³/mol. The van der Waals surface area contributed by atoms with Gasteiger partial charge in [-0.15, -0.1) is 0 Å². The van der Waals surface area contributed by atoms with Gasteiger partial charge in [0.2, 0.25) is 11.7 Å². The van der Waals surface area contributed by atoms with Gasteiger partial charge >= 0.3 is 5.69 Å². The van der Waals surface area contributed by atoms with Gasteiger partial charge < -0.3 is 19.7 Å². The van der Waals surface area contributed by atoms with Crippen molar-refractivity contribution < 1.29 is 24.0 Å². The first-order valence-corrected chi connectivity index (χ1v) is 9.28. The Morgan fingerprint density at radius 1 is 1.23 bits per heavy atom. The topological polar surface area (TPSA) is 111 Å². The second-order valence-corrected chi connectivity index (χ2v) is 6.68. The van der Waals surface area contributed by atoms with Gasteiger partial charge in [-0.3, -0.25) is 19.7 Å². The molecule has 0 bridgehead atoms. The fourth-order valence-electron chi connectivity index (χ4n) is 2.93. The van der Waals surface area contributed by atoms with Gasteiger partial charge in [-0.1, -0.05) is 29.8 Å². The third kappa shape index (κ3) is 5.69. The molecule has 0 aliphatic heterocycles. The predicted octanol–water partition coefficient (Wildman–Crippen LogP) is 2.45. The molecular formula is C21H25N3O6. The van der Waals surface area contributed by atoms with E-state index in [2.05, 4.69) is 5.32 Å². The van der Waals surface area contributed by atoms with Crippen LogP contribution < -0.4 is 14.8 Å². The van der Waals surface area contributed by atoms with Crippen molar-refractivity contribution in [2.75, 3.05) is 20.8 Å². The quantitative estimate of drug-likeness (QED) is 0.497. The van der Waals surface area contributed by atoms with E-state index in [9.17, 15) is 19.7 Å². The van der Waals surface area contributed by atoms with E-state index in [4.69, 9.17) is 9.47 Å². The van der Waals surface area contributed by atoms with E-state index >= 15 is 0 Å². The first kappa shape index (κ1) is 22.7. The van der Waals surface area contributed by atoms with Crippen LogP contribution in [0.1, 0.15) is 18.1 Å². The largest absolute Gasteiger partial charge is 0.490 e. The van der Waals surface area contributed by atoms with Gasteiger partial charge in [0.1, 0.15) is 11.8 Å². The van der Waals surface area contributed by atoms with Crippen LogP contribution >= 0.6 is 0 Å². The molecule has 1 atom stereocenters. The van der Waals surface area contributed by atoms with E-state index in [1.165, 1.54) is 37.3 Å². The van der Waals surface area contributed by atoms with Gasteiger partial charge in [0, 0.05) is 25.7 Å². The summed E-state index contributed by atoms with van der Waals surface area (Å²) in [6, 6.07) is 10.9. The average Bonchev–Trinajstić information content (AvgIpc) is 2.74. The van der Waals surface area contributed by atoms with E-state index < -0.39 is 16.9 Å². The summed E-state index contributed by atoms with van der Waals surface area (Å²) < 4.78 is 10.5. The fraction of sp³-hybridized carbons (Fsp3) is 0.333. The number of hydrogen-bond donors (Lipinski definition) is 1. The standard InChI is InChI=1S/C21H25N3O6/c1-14-6-5-7-16(10-14)12-23(15(2)21(26)22-3)20(25)13-30-17-8-9-18(24(27)28)19(11-17)29-4/h5-11,15H,12-13H2,1-4H3,(H,22,26)/t15-/m0/s1. The van der Waals surface area contributed by atoms with Crippen molar-refractivity contribution in [3.8, 4) is 11.5 Å². The number of ether oxygens (including phenoxy) is 2. The van der Waals surface area contributed by atoms with Crippen molar-refractivity contribution in [1.29, 1.82) is 0 Å². The second-order valence-electron chi connectivity index (χ2n) is 6.68. The Morgan fingerprint density at radius 2 is 1.97 bits per heavy atom. The number of rotatable bonds is 9. The highest BCUT2D eigenvalue weighted by Gasteiger charge is 2.26. The van der Waals surface area contributed by atoms with Gasteiger partial charge in [0.15, 0.2) is 6.61 Å². The van der Waals surface area contributed by atoms with Gasteiger partial charge in [-0.25, -0.2) is 0 Å². The van der Waals surface area contributed by atoms with Crippen LogP contribution in [0.15, 0.2) is 42.5 Å². The van der Waals surface area contributed by atoms with Gasteiger partial charge in [0.25, 0.3) is 5.91 Å². The lowest BCUT2D eigenvalue weighted by atomic mass is 10.1. The molecule has 0 unspecified atom stereocenters. The monoisotopic (exact) mass is 415 g/mol. The van der Waals surface area contributed by atoms with E-state index in [0.717, 1.165) is 11.1 Å². The summed E-state index contributed by atoms with van der Waals surface area (Å²) in [4.78, 5) is 36.9. The molecule has 0 saturated heterocycles.